The normalized spacial score (nSPS) is 14.9. The summed E-state index contributed by atoms with van der Waals surface area (Å²) in [5.41, 5.74) is 1.66. The summed E-state index contributed by atoms with van der Waals surface area (Å²) < 4.78 is 23.8. The molecule has 0 aliphatic carbocycles. The van der Waals surface area contributed by atoms with Crippen LogP contribution >= 0.6 is 11.8 Å². The van der Waals surface area contributed by atoms with E-state index in [1.807, 2.05) is 0 Å². The first-order valence-corrected chi connectivity index (χ1v) is 11.5. The van der Waals surface area contributed by atoms with Gasteiger partial charge in [0.15, 0.2) is 17.3 Å². The molecule has 1 amide bonds. The number of carbonyl (C=O) groups excluding carboxylic acids is 1. The van der Waals surface area contributed by atoms with Gasteiger partial charge in [-0.1, -0.05) is 11.8 Å². The first kappa shape index (κ1) is 21.3. The lowest BCUT2D eigenvalue weighted by Crippen LogP contribution is -2.47. The van der Waals surface area contributed by atoms with Crippen LogP contribution in [0.2, 0.25) is 0 Å². The molecule has 0 radical (unpaired) electrons. The molecule has 3 aromatic rings. The van der Waals surface area contributed by atoms with E-state index < -0.39 is 0 Å². The molecule has 5 rings (SSSR count). The molecule has 1 fully saturated rings. The number of ether oxygens (including phenoxy) is 2. The standard InChI is InChI=1S/C23H22FN5O3S/c24-16-1-4-18(5-2-16)28-9-11-29(12-10-28)22-23(26-8-7-25-22)33-14-21(30)27-17-3-6-19-20(13-17)32-15-31-19/h1-8,13H,9-12,14-15H2,(H,27,30). The smallest absolute Gasteiger partial charge is 0.234 e. The molecule has 0 spiro atoms. The fourth-order valence-corrected chi connectivity index (χ4v) is 4.56. The maximum Gasteiger partial charge on any atom is 0.234 e. The molecule has 0 atom stereocenters. The zero-order valence-electron chi connectivity index (χ0n) is 17.7. The van der Waals surface area contributed by atoms with Crippen molar-refractivity contribution in [1.29, 1.82) is 0 Å². The number of nitrogens with zero attached hydrogens (tertiary/aromatic N) is 4. The molecule has 0 bridgehead atoms. The van der Waals surface area contributed by atoms with E-state index in [1.54, 1.807) is 42.7 Å². The van der Waals surface area contributed by atoms with Crippen LogP contribution in [0.3, 0.4) is 0 Å². The monoisotopic (exact) mass is 467 g/mol. The van der Waals surface area contributed by atoms with E-state index in [1.165, 1.54) is 23.9 Å². The van der Waals surface area contributed by atoms with Crippen LogP contribution in [0, 0.1) is 5.82 Å². The van der Waals surface area contributed by atoms with Gasteiger partial charge in [-0.15, -0.1) is 0 Å². The molecule has 2 aliphatic heterocycles. The third kappa shape index (κ3) is 4.95. The highest BCUT2D eigenvalue weighted by molar-refractivity contribution is 8.00. The first-order valence-electron chi connectivity index (χ1n) is 10.5. The molecular formula is C23H22FN5O3S. The van der Waals surface area contributed by atoms with Crippen molar-refractivity contribution in [1.82, 2.24) is 9.97 Å². The molecule has 10 heteroatoms. The highest BCUT2D eigenvalue weighted by Crippen LogP contribution is 2.34. The highest BCUT2D eigenvalue weighted by atomic mass is 32.2. The van der Waals surface area contributed by atoms with E-state index in [2.05, 4.69) is 25.1 Å². The Bertz CT molecular complexity index is 1140. The quantitative estimate of drug-likeness (QED) is 0.553. The second-order valence-corrected chi connectivity index (χ2v) is 8.50. The van der Waals surface area contributed by atoms with Crippen molar-refractivity contribution in [3.8, 4) is 11.5 Å². The van der Waals surface area contributed by atoms with Crippen molar-refractivity contribution in [3.05, 3.63) is 60.7 Å². The van der Waals surface area contributed by atoms with Gasteiger partial charge in [-0.2, -0.15) is 0 Å². The van der Waals surface area contributed by atoms with E-state index in [9.17, 15) is 9.18 Å². The summed E-state index contributed by atoms with van der Waals surface area (Å²) in [6.45, 7) is 3.28. The molecule has 2 aliphatic rings. The Hall–Kier alpha value is -3.53. The number of carbonyl (C=O) groups is 1. The van der Waals surface area contributed by atoms with Gasteiger partial charge in [0.2, 0.25) is 12.7 Å². The number of fused-ring (bicyclic) bond motifs is 1. The summed E-state index contributed by atoms with van der Waals surface area (Å²) in [5, 5.41) is 3.59. The minimum atomic E-state index is -0.235. The van der Waals surface area contributed by atoms with Gasteiger partial charge < -0.3 is 24.6 Å². The van der Waals surface area contributed by atoms with Gasteiger partial charge in [0.25, 0.3) is 0 Å². The predicted molar refractivity (Wildman–Crippen MR) is 125 cm³/mol. The van der Waals surface area contributed by atoms with Crippen molar-refractivity contribution in [3.63, 3.8) is 0 Å². The average Bonchev–Trinajstić information content (AvgIpc) is 3.32. The number of anilines is 3. The molecule has 1 N–H and O–H groups in total. The number of piperazine rings is 1. The van der Waals surface area contributed by atoms with Crippen molar-refractivity contribution in [2.75, 3.05) is 53.8 Å². The van der Waals surface area contributed by atoms with Gasteiger partial charge in [0.1, 0.15) is 10.8 Å². The number of hydrogen-bond acceptors (Lipinski definition) is 8. The second-order valence-electron chi connectivity index (χ2n) is 7.54. The van der Waals surface area contributed by atoms with Crippen LogP contribution in [-0.2, 0) is 4.79 Å². The topological polar surface area (TPSA) is 79.8 Å². The summed E-state index contributed by atoms with van der Waals surface area (Å²) in [6, 6.07) is 11.9. The lowest BCUT2D eigenvalue weighted by molar-refractivity contribution is -0.113. The summed E-state index contributed by atoms with van der Waals surface area (Å²) in [4.78, 5) is 25.9. The van der Waals surface area contributed by atoms with E-state index in [4.69, 9.17) is 9.47 Å². The fourth-order valence-electron chi connectivity index (χ4n) is 3.77. The molecule has 8 nitrogen and oxygen atoms in total. The van der Waals surface area contributed by atoms with Crippen LogP contribution in [0.25, 0.3) is 0 Å². The minimum Gasteiger partial charge on any atom is -0.454 e. The van der Waals surface area contributed by atoms with Gasteiger partial charge in [-0.3, -0.25) is 4.79 Å². The Balaban J connectivity index is 1.18. The maximum absolute atomic E-state index is 13.2. The Morgan fingerprint density at radius 2 is 1.70 bits per heavy atom. The van der Waals surface area contributed by atoms with Gasteiger partial charge >= 0.3 is 0 Å². The lowest BCUT2D eigenvalue weighted by atomic mass is 10.2. The van der Waals surface area contributed by atoms with Crippen LogP contribution in [-0.4, -0.2) is 54.6 Å². The number of nitrogens with one attached hydrogen (secondary N) is 1. The first-order chi connectivity index (χ1) is 16.2. The molecule has 170 valence electrons. The van der Waals surface area contributed by atoms with E-state index in [0.717, 1.165) is 37.7 Å². The number of benzene rings is 2. The third-order valence-corrected chi connectivity index (χ3v) is 6.38. The number of amides is 1. The average molecular weight is 468 g/mol. The zero-order valence-corrected chi connectivity index (χ0v) is 18.6. The van der Waals surface area contributed by atoms with Gasteiger partial charge in [-0.05, 0) is 36.4 Å². The number of rotatable bonds is 6. The molecule has 3 heterocycles. The van der Waals surface area contributed by atoms with E-state index in [-0.39, 0.29) is 24.3 Å². The van der Waals surface area contributed by atoms with Crippen molar-refractivity contribution in [2.45, 2.75) is 5.03 Å². The zero-order chi connectivity index (χ0) is 22.6. The molecule has 1 saturated heterocycles. The van der Waals surface area contributed by atoms with Gasteiger partial charge in [0.05, 0.1) is 5.75 Å². The molecule has 2 aromatic carbocycles. The van der Waals surface area contributed by atoms with Crippen molar-refractivity contribution < 1.29 is 18.7 Å². The maximum atomic E-state index is 13.2. The Labute approximate surface area is 194 Å². The van der Waals surface area contributed by atoms with Crippen LogP contribution in [0.15, 0.2) is 59.9 Å². The van der Waals surface area contributed by atoms with Crippen LogP contribution in [0.1, 0.15) is 0 Å². The summed E-state index contributed by atoms with van der Waals surface area (Å²) in [7, 11) is 0. The van der Waals surface area contributed by atoms with Crippen LogP contribution < -0.4 is 24.6 Å². The number of hydrogen-bond donors (Lipinski definition) is 1. The fraction of sp³-hybridized carbons (Fsp3) is 0.261. The number of thioether (sulfide) groups is 1. The number of aromatic nitrogens is 2. The van der Waals surface area contributed by atoms with E-state index in [0.29, 0.717) is 22.2 Å². The van der Waals surface area contributed by atoms with E-state index >= 15 is 0 Å². The highest BCUT2D eigenvalue weighted by Gasteiger charge is 2.22. The SMILES string of the molecule is O=C(CSc1nccnc1N1CCN(c2ccc(F)cc2)CC1)Nc1ccc2c(c1)OCO2. The largest absolute Gasteiger partial charge is 0.454 e. The van der Waals surface area contributed by atoms with Gasteiger partial charge in [0, 0.05) is 56.0 Å². The predicted octanol–water partition coefficient (Wildman–Crippen LogP) is 3.40. The molecular weight excluding hydrogens is 445 g/mol. The second kappa shape index (κ2) is 9.53. The Kier molecular flexibility index (Phi) is 6.16. The van der Waals surface area contributed by atoms with Crippen molar-refractivity contribution in [2.24, 2.45) is 0 Å². The molecule has 1 aromatic heterocycles. The van der Waals surface area contributed by atoms with Crippen LogP contribution in [0.4, 0.5) is 21.6 Å². The minimum absolute atomic E-state index is 0.142. The Morgan fingerprint density at radius 1 is 0.970 bits per heavy atom. The summed E-state index contributed by atoms with van der Waals surface area (Å²) >= 11 is 1.35. The molecule has 0 saturated carbocycles. The molecule has 0 unspecified atom stereocenters. The molecule has 33 heavy (non-hydrogen) atoms. The number of halogens is 1. The van der Waals surface area contributed by atoms with Gasteiger partial charge in [-0.25, -0.2) is 14.4 Å². The summed E-state index contributed by atoms with van der Waals surface area (Å²) in [5.74, 6) is 1.90. The summed E-state index contributed by atoms with van der Waals surface area (Å²) in [6.07, 6.45) is 3.30. The van der Waals surface area contributed by atoms with Crippen LogP contribution in [0.5, 0.6) is 11.5 Å². The Morgan fingerprint density at radius 3 is 2.52 bits per heavy atom. The van der Waals surface area contributed by atoms with Crippen molar-refractivity contribution >= 4 is 34.9 Å². The lowest BCUT2D eigenvalue weighted by Gasteiger charge is -2.37. The third-order valence-electron chi connectivity index (χ3n) is 5.41.